The molecule has 0 atom stereocenters. The Labute approximate surface area is 100 Å². The van der Waals surface area contributed by atoms with Gasteiger partial charge in [0, 0.05) is 5.69 Å². The van der Waals surface area contributed by atoms with Crippen molar-refractivity contribution in [2.45, 2.75) is 19.4 Å². The van der Waals surface area contributed by atoms with Crippen LogP contribution in [-0.4, -0.2) is 35.0 Å². The van der Waals surface area contributed by atoms with Crippen molar-refractivity contribution < 1.29 is 15.0 Å². The number of anilines is 1. The van der Waals surface area contributed by atoms with E-state index < -0.39 is 11.6 Å². The van der Waals surface area contributed by atoms with Gasteiger partial charge in [-0.25, -0.2) is 4.79 Å². The number of aryl methyl sites for hydroxylation is 1. The third kappa shape index (κ3) is 4.05. The van der Waals surface area contributed by atoms with E-state index in [1.165, 1.54) is 0 Å². The average Bonchev–Trinajstić information content (AvgIpc) is 2.32. The molecule has 94 valence electrons. The zero-order valence-electron chi connectivity index (χ0n) is 10.0. The molecule has 0 fully saturated rings. The van der Waals surface area contributed by atoms with Gasteiger partial charge >= 0.3 is 6.03 Å². The summed E-state index contributed by atoms with van der Waals surface area (Å²) in [6.45, 7) is 2.86. The average molecular weight is 238 g/mol. The van der Waals surface area contributed by atoms with Crippen LogP contribution < -0.4 is 10.6 Å². The lowest BCUT2D eigenvalue weighted by molar-refractivity contribution is 0.111. The fourth-order valence-corrected chi connectivity index (χ4v) is 1.20. The molecule has 0 aliphatic rings. The number of rotatable bonds is 4. The lowest BCUT2D eigenvalue weighted by atomic mass is 10.1. The number of carbonyl (C=O) groups is 1. The fraction of sp³-hybridized carbons (Fsp3) is 0.417. The number of amides is 2. The molecule has 0 unspecified atom stereocenters. The molecule has 17 heavy (non-hydrogen) atoms. The van der Waals surface area contributed by atoms with Gasteiger partial charge in [0.2, 0.25) is 0 Å². The molecule has 5 heteroatoms. The molecule has 2 amide bonds. The number of hydrogen-bond acceptors (Lipinski definition) is 3. The van der Waals surface area contributed by atoms with Crippen LogP contribution >= 0.6 is 0 Å². The zero-order chi connectivity index (χ0) is 12.9. The summed E-state index contributed by atoms with van der Waals surface area (Å²) >= 11 is 0. The summed E-state index contributed by atoms with van der Waals surface area (Å²) < 4.78 is 0. The second-order valence-corrected chi connectivity index (χ2v) is 4.32. The van der Waals surface area contributed by atoms with Crippen LogP contribution in [0.15, 0.2) is 24.3 Å². The summed E-state index contributed by atoms with van der Waals surface area (Å²) in [4.78, 5) is 11.6. The number of nitrogens with one attached hydrogen (secondary N) is 2. The van der Waals surface area contributed by atoms with Gasteiger partial charge in [0.25, 0.3) is 0 Å². The van der Waals surface area contributed by atoms with E-state index in [1.807, 2.05) is 19.1 Å². The monoisotopic (exact) mass is 238 g/mol. The molecule has 1 aromatic rings. The molecule has 0 aliphatic heterocycles. The fourth-order valence-electron chi connectivity index (χ4n) is 1.20. The standard InChI is InChI=1S/C12H18N2O3/c1-9-3-5-10(6-4-9)13-11(17)14-12(2,7-15)8-16/h3-6,15-16H,7-8H2,1-2H3,(H2,13,14,17). The first-order valence-corrected chi connectivity index (χ1v) is 5.37. The number of aliphatic hydroxyl groups is 2. The highest BCUT2D eigenvalue weighted by Crippen LogP contribution is 2.09. The van der Waals surface area contributed by atoms with Crippen LogP contribution in [0.25, 0.3) is 0 Å². The Balaban J connectivity index is 2.58. The zero-order valence-corrected chi connectivity index (χ0v) is 10.0. The summed E-state index contributed by atoms with van der Waals surface area (Å²) in [5, 5.41) is 23.2. The van der Waals surface area contributed by atoms with Gasteiger partial charge in [-0.2, -0.15) is 0 Å². The molecule has 0 heterocycles. The highest BCUT2D eigenvalue weighted by Gasteiger charge is 2.24. The Morgan fingerprint density at radius 1 is 1.24 bits per heavy atom. The molecular weight excluding hydrogens is 220 g/mol. The number of benzene rings is 1. The molecule has 5 nitrogen and oxygen atoms in total. The van der Waals surface area contributed by atoms with Crippen LogP contribution in [0, 0.1) is 6.92 Å². The van der Waals surface area contributed by atoms with Crippen LogP contribution in [0.5, 0.6) is 0 Å². The van der Waals surface area contributed by atoms with Crippen molar-refractivity contribution in [3.63, 3.8) is 0 Å². The summed E-state index contributed by atoms with van der Waals surface area (Å²) in [6.07, 6.45) is 0. The maximum atomic E-state index is 11.6. The number of aliphatic hydroxyl groups excluding tert-OH is 2. The van der Waals surface area contributed by atoms with E-state index in [9.17, 15) is 4.79 Å². The Bertz CT molecular complexity index is 372. The third-order valence-corrected chi connectivity index (χ3v) is 2.42. The Kier molecular flexibility index (Phi) is 4.48. The van der Waals surface area contributed by atoms with Crippen molar-refractivity contribution in [1.29, 1.82) is 0 Å². The first kappa shape index (κ1) is 13.5. The second kappa shape index (κ2) is 5.65. The van der Waals surface area contributed by atoms with Crippen molar-refractivity contribution in [2.75, 3.05) is 18.5 Å². The van der Waals surface area contributed by atoms with Crippen molar-refractivity contribution in [1.82, 2.24) is 5.32 Å². The quantitative estimate of drug-likeness (QED) is 0.628. The lowest BCUT2D eigenvalue weighted by Gasteiger charge is -2.26. The molecule has 1 aromatic carbocycles. The highest BCUT2D eigenvalue weighted by atomic mass is 16.3. The first-order valence-electron chi connectivity index (χ1n) is 5.37. The molecule has 4 N–H and O–H groups in total. The Morgan fingerprint density at radius 3 is 2.24 bits per heavy atom. The molecule has 0 aliphatic carbocycles. The normalized spacial score (nSPS) is 11.1. The van der Waals surface area contributed by atoms with E-state index in [4.69, 9.17) is 10.2 Å². The minimum Gasteiger partial charge on any atom is -0.394 e. The van der Waals surface area contributed by atoms with Crippen LogP contribution in [0.2, 0.25) is 0 Å². The van der Waals surface area contributed by atoms with Gasteiger partial charge in [-0.15, -0.1) is 0 Å². The topological polar surface area (TPSA) is 81.6 Å². The maximum Gasteiger partial charge on any atom is 0.319 e. The summed E-state index contributed by atoms with van der Waals surface area (Å²) in [6, 6.07) is 6.87. The number of urea groups is 1. The van der Waals surface area contributed by atoms with Gasteiger partial charge in [0.05, 0.1) is 18.8 Å². The van der Waals surface area contributed by atoms with E-state index >= 15 is 0 Å². The predicted molar refractivity (Wildman–Crippen MR) is 65.9 cm³/mol. The molecule has 0 bridgehead atoms. The van der Waals surface area contributed by atoms with Crippen molar-refractivity contribution in [2.24, 2.45) is 0 Å². The highest BCUT2D eigenvalue weighted by molar-refractivity contribution is 5.89. The van der Waals surface area contributed by atoms with Crippen LogP contribution in [-0.2, 0) is 0 Å². The van der Waals surface area contributed by atoms with Gasteiger partial charge in [0.15, 0.2) is 0 Å². The van der Waals surface area contributed by atoms with Crippen molar-refractivity contribution >= 4 is 11.7 Å². The second-order valence-electron chi connectivity index (χ2n) is 4.32. The largest absolute Gasteiger partial charge is 0.394 e. The minimum absolute atomic E-state index is 0.329. The molecule has 0 spiro atoms. The van der Waals surface area contributed by atoms with E-state index in [2.05, 4.69) is 10.6 Å². The predicted octanol–water partition coefficient (Wildman–Crippen LogP) is 0.860. The van der Waals surface area contributed by atoms with E-state index in [0.29, 0.717) is 5.69 Å². The van der Waals surface area contributed by atoms with Gasteiger partial charge in [-0.05, 0) is 26.0 Å². The Hall–Kier alpha value is -1.59. The number of carbonyl (C=O) groups excluding carboxylic acids is 1. The molecule has 0 aromatic heterocycles. The van der Waals surface area contributed by atoms with Crippen LogP contribution in [0.1, 0.15) is 12.5 Å². The third-order valence-electron chi connectivity index (χ3n) is 2.42. The smallest absolute Gasteiger partial charge is 0.319 e. The first-order chi connectivity index (χ1) is 7.99. The van der Waals surface area contributed by atoms with Crippen LogP contribution in [0.4, 0.5) is 10.5 Å². The van der Waals surface area contributed by atoms with Gasteiger partial charge < -0.3 is 20.8 Å². The molecule has 0 saturated carbocycles. The summed E-state index contributed by atoms with van der Waals surface area (Å²) in [7, 11) is 0. The van der Waals surface area contributed by atoms with Crippen molar-refractivity contribution in [3.05, 3.63) is 29.8 Å². The molecule has 0 saturated heterocycles. The number of hydrogen-bond donors (Lipinski definition) is 4. The lowest BCUT2D eigenvalue weighted by Crippen LogP contribution is -2.53. The van der Waals surface area contributed by atoms with Crippen molar-refractivity contribution in [3.8, 4) is 0 Å². The molecule has 1 rings (SSSR count). The summed E-state index contributed by atoms with van der Waals surface area (Å²) in [5.41, 5.74) is 0.743. The van der Waals surface area contributed by atoms with E-state index in [1.54, 1.807) is 19.1 Å². The van der Waals surface area contributed by atoms with E-state index in [0.717, 1.165) is 5.56 Å². The van der Waals surface area contributed by atoms with Gasteiger partial charge in [0.1, 0.15) is 0 Å². The van der Waals surface area contributed by atoms with Crippen LogP contribution in [0.3, 0.4) is 0 Å². The minimum atomic E-state index is -1.02. The summed E-state index contributed by atoms with van der Waals surface area (Å²) in [5.74, 6) is 0. The maximum absolute atomic E-state index is 11.6. The SMILES string of the molecule is Cc1ccc(NC(=O)NC(C)(CO)CO)cc1. The Morgan fingerprint density at radius 2 is 1.76 bits per heavy atom. The van der Waals surface area contributed by atoms with E-state index in [-0.39, 0.29) is 13.2 Å². The molecular formula is C12H18N2O3. The van der Waals surface area contributed by atoms with Gasteiger partial charge in [-0.1, -0.05) is 17.7 Å². The van der Waals surface area contributed by atoms with Gasteiger partial charge in [-0.3, -0.25) is 0 Å². The molecule has 0 radical (unpaired) electrons.